The molecule has 1 aromatic heterocycles. The van der Waals surface area contributed by atoms with Crippen LogP contribution in [0.1, 0.15) is 29.9 Å². The number of fused-ring (bicyclic) bond motifs is 3. The van der Waals surface area contributed by atoms with E-state index >= 15 is 0 Å². The monoisotopic (exact) mass is 383 g/mol. The summed E-state index contributed by atoms with van der Waals surface area (Å²) in [7, 11) is 2.24. The number of benzene rings is 2. The predicted molar refractivity (Wildman–Crippen MR) is 119 cm³/mol. The Hall–Kier alpha value is -2.65. The molecule has 3 aliphatic rings. The van der Waals surface area contributed by atoms with Crippen molar-refractivity contribution in [2.24, 2.45) is 5.92 Å². The lowest BCUT2D eigenvalue weighted by molar-refractivity contribution is 0.0184. The van der Waals surface area contributed by atoms with E-state index in [-0.39, 0.29) is 0 Å². The van der Waals surface area contributed by atoms with Gasteiger partial charge in [-0.1, -0.05) is 66.7 Å². The average Bonchev–Trinajstić information content (AvgIpc) is 2.81. The Morgan fingerprint density at radius 1 is 0.828 bits per heavy atom. The number of nitrogens with zero attached hydrogens (tertiary/aromatic N) is 3. The van der Waals surface area contributed by atoms with Crippen molar-refractivity contribution in [3.05, 3.63) is 96.2 Å². The minimum absolute atomic E-state index is 0.358. The molecule has 0 amide bonds. The summed E-state index contributed by atoms with van der Waals surface area (Å²) in [5.41, 5.74) is 2.83. The SMILES string of the molecule is CN(c1ccccn1)[C@@H]1C2CCN(CC2)[C@@H]1C(c1ccccc1)c1ccccc1. The van der Waals surface area contributed by atoms with Crippen LogP contribution in [0.4, 0.5) is 5.82 Å². The van der Waals surface area contributed by atoms with Crippen molar-refractivity contribution in [1.82, 2.24) is 9.88 Å². The molecule has 4 heterocycles. The highest BCUT2D eigenvalue weighted by Crippen LogP contribution is 2.44. The molecule has 29 heavy (non-hydrogen) atoms. The van der Waals surface area contributed by atoms with Gasteiger partial charge in [-0.15, -0.1) is 0 Å². The second-order valence-corrected chi connectivity index (χ2v) is 8.45. The fraction of sp³-hybridized carbons (Fsp3) is 0.346. The smallest absolute Gasteiger partial charge is 0.128 e. The maximum Gasteiger partial charge on any atom is 0.128 e. The Kier molecular flexibility index (Phi) is 5.07. The largest absolute Gasteiger partial charge is 0.355 e. The normalized spacial score (nSPS) is 25.9. The lowest BCUT2D eigenvalue weighted by Crippen LogP contribution is -2.65. The van der Waals surface area contributed by atoms with Gasteiger partial charge in [0, 0.05) is 31.2 Å². The van der Waals surface area contributed by atoms with Crippen LogP contribution in [0.15, 0.2) is 85.1 Å². The van der Waals surface area contributed by atoms with Crippen molar-refractivity contribution in [2.75, 3.05) is 25.0 Å². The Morgan fingerprint density at radius 2 is 1.41 bits per heavy atom. The summed E-state index contributed by atoms with van der Waals surface area (Å²) in [6.45, 7) is 2.41. The zero-order valence-corrected chi connectivity index (χ0v) is 17.1. The van der Waals surface area contributed by atoms with Crippen LogP contribution in [0.2, 0.25) is 0 Å². The quantitative estimate of drug-likeness (QED) is 0.630. The van der Waals surface area contributed by atoms with Gasteiger partial charge in [0.25, 0.3) is 0 Å². The van der Waals surface area contributed by atoms with Crippen LogP contribution in [-0.2, 0) is 0 Å². The molecule has 3 aromatic rings. The number of hydrogen-bond acceptors (Lipinski definition) is 3. The molecule has 6 rings (SSSR count). The number of piperidine rings is 3. The summed E-state index contributed by atoms with van der Waals surface area (Å²) < 4.78 is 0. The number of rotatable bonds is 5. The predicted octanol–water partition coefficient (Wildman–Crippen LogP) is 4.81. The van der Waals surface area contributed by atoms with Crippen molar-refractivity contribution in [3.63, 3.8) is 0 Å². The third-order valence-corrected chi connectivity index (χ3v) is 6.95. The molecule has 0 radical (unpaired) electrons. The fourth-order valence-electron chi connectivity index (χ4n) is 5.63. The van der Waals surface area contributed by atoms with E-state index in [1.54, 1.807) is 0 Å². The number of anilines is 1. The van der Waals surface area contributed by atoms with Gasteiger partial charge in [-0.3, -0.25) is 4.90 Å². The van der Waals surface area contributed by atoms with Gasteiger partial charge in [0.2, 0.25) is 0 Å². The molecule has 2 aromatic carbocycles. The number of hydrogen-bond donors (Lipinski definition) is 0. The van der Waals surface area contributed by atoms with E-state index in [0.717, 1.165) is 5.82 Å². The van der Waals surface area contributed by atoms with Gasteiger partial charge in [-0.25, -0.2) is 4.98 Å². The Labute approximate surface area is 174 Å². The molecule has 148 valence electrons. The molecule has 0 unspecified atom stereocenters. The molecule has 2 atom stereocenters. The fourth-order valence-corrected chi connectivity index (χ4v) is 5.63. The van der Waals surface area contributed by atoms with Gasteiger partial charge in [0.1, 0.15) is 5.82 Å². The molecular formula is C26H29N3. The van der Waals surface area contributed by atoms with Gasteiger partial charge in [-0.2, -0.15) is 0 Å². The highest BCUT2D eigenvalue weighted by Gasteiger charge is 2.48. The molecule has 0 spiro atoms. The van der Waals surface area contributed by atoms with Gasteiger partial charge in [0.05, 0.1) is 0 Å². The summed E-state index contributed by atoms with van der Waals surface area (Å²) in [4.78, 5) is 9.89. The lowest BCUT2D eigenvalue weighted by atomic mass is 9.70. The number of pyridine rings is 1. The Balaban J connectivity index is 1.61. The van der Waals surface area contributed by atoms with E-state index in [2.05, 4.69) is 94.6 Å². The second kappa shape index (κ2) is 8.00. The van der Waals surface area contributed by atoms with Gasteiger partial charge in [-0.05, 0) is 55.1 Å². The van der Waals surface area contributed by atoms with Crippen LogP contribution >= 0.6 is 0 Å². The average molecular weight is 384 g/mol. The molecule has 3 saturated heterocycles. The maximum atomic E-state index is 4.68. The topological polar surface area (TPSA) is 19.4 Å². The summed E-state index contributed by atoms with van der Waals surface area (Å²) in [6, 6.07) is 29.3. The van der Waals surface area contributed by atoms with E-state index in [0.29, 0.717) is 23.9 Å². The molecular weight excluding hydrogens is 354 g/mol. The first-order chi connectivity index (χ1) is 14.3. The van der Waals surface area contributed by atoms with Crippen molar-refractivity contribution in [1.29, 1.82) is 0 Å². The minimum atomic E-state index is 0.358. The van der Waals surface area contributed by atoms with Crippen molar-refractivity contribution < 1.29 is 0 Å². The molecule has 0 aliphatic carbocycles. The highest BCUT2D eigenvalue weighted by molar-refractivity contribution is 5.43. The lowest BCUT2D eigenvalue weighted by Gasteiger charge is -2.56. The van der Waals surface area contributed by atoms with Crippen LogP contribution in [0.5, 0.6) is 0 Å². The van der Waals surface area contributed by atoms with Crippen LogP contribution in [0.3, 0.4) is 0 Å². The zero-order valence-electron chi connectivity index (χ0n) is 17.1. The summed E-state index contributed by atoms with van der Waals surface area (Å²) in [6.07, 6.45) is 4.48. The van der Waals surface area contributed by atoms with Crippen molar-refractivity contribution >= 4 is 5.82 Å². The first kappa shape index (κ1) is 18.4. The molecule has 3 nitrogen and oxygen atoms in total. The number of aromatic nitrogens is 1. The minimum Gasteiger partial charge on any atom is -0.355 e. The maximum absolute atomic E-state index is 4.68. The first-order valence-corrected chi connectivity index (χ1v) is 10.8. The summed E-state index contributed by atoms with van der Waals surface area (Å²) in [5, 5.41) is 0. The third-order valence-electron chi connectivity index (χ3n) is 6.95. The van der Waals surface area contributed by atoms with E-state index in [9.17, 15) is 0 Å². The molecule has 0 saturated carbocycles. The van der Waals surface area contributed by atoms with Crippen molar-refractivity contribution in [3.8, 4) is 0 Å². The first-order valence-electron chi connectivity index (χ1n) is 10.8. The summed E-state index contributed by atoms with van der Waals surface area (Å²) >= 11 is 0. The summed E-state index contributed by atoms with van der Waals surface area (Å²) in [5.74, 6) is 2.15. The number of likely N-dealkylation sites (N-methyl/N-ethyl adjacent to an activating group) is 1. The molecule has 3 fully saturated rings. The van der Waals surface area contributed by atoms with Crippen LogP contribution < -0.4 is 4.90 Å². The van der Waals surface area contributed by atoms with E-state index in [1.807, 2.05) is 12.3 Å². The van der Waals surface area contributed by atoms with E-state index in [1.165, 1.54) is 37.1 Å². The molecule has 3 aliphatic heterocycles. The third kappa shape index (κ3) is 3.44. The van der Waals surface area contributed by atoms with Crippen LogP contribution in [0.25, 0.3) is 0 Å². The van der Waals surface area contributed by atoms with Crippen molar-refractivity contribution in [2.45, 2.75) is 30.8 Å². The van der Waals surface area contributed by atoms with E-state index < -0.39 is 0 Å². The van der Waals surface area contributed by atoms with Gasteiger partial charge >= 0.3 is 0 Å². The van der Waals surface area contributed by atoms with Gasteiger partial charge in [0.15, 0.2) is 0 Å². The second-order valence-electron chi connectivity index (χ2n) is 8.45. The highest BCUT2D eigenvalue weighted by atomic mass is 15.3. The van der Waals surface area contributed by atoms with Crippen LogP contribution in [-0.4, -0.2) is 42.1 Å². The Bertz CT molecular complexity index is 865. The van der Waals surface area contributed by atoms with E-state index in [4.69, 9.17) is 0 Å². The molecule has 0 N–H and O–H groups in total. The molecule has 3 heteroatoms. The Morgan fingerprint density at radius 3 is 1.97 bits per heavy atom. The zero-order chi connectivity index (χ0) is 19.6. The standard InChI is InChI=1S/C26H29N3/c1-28(23-14-8-9-17-27-23)25-22-15-18-29(19-16-22)26(25)24(20-10-4-2-5-11-20)21-12-6-3-7-13-21/h2-14,17,22,24-26H,15-16,18-19H2,1H3/t25-,26-/m1/s1. The van der Waals surface area contributed by atoms with Gasteiger partial charge < -0.3 is 4.90 Å². The van der Waals surface area contributed by atoms with Crippen LogP contribution in [0, 0.1) is 5.92 Å². The molecule has 2 bridgehead atoms.